The summed E-state index contributed by atoms with van der Waals surface area (Å²) in [6.07, 6.45) is 0. The van der Waals surface area contributed by atoms with Crippen LogP contribution in [0.1, 0.15) is 11.1 Å². The third-order valence-electron chi connectivity index (χ3n) is 4.16. The maximum Gasteiger partial charge on any atom is 0.281 e. The highest BCUT2D eigenvalue weighted by molar-refractivity contribution is 6.55. The fourth-order valence-electron chi connectivity index (χ4n) is 3.06. The number of carbonyl (C=O) groups excluding carboxylic acids is 1. The molecular formula is C21H14Cl2N2O. The summed E-state index contributed by atoms with van der Waals surface area (Å²) in [7, 11) is 0. The fraction of sp³-hybridized carbons (Fsp3) is 0.0476. The van der Waals surface area contributed by atoms with E-state index in [-0.39, 0.29) is 5.91 Å². The summed E-state index contributed by atoms with van der Waals surface area (Å²) in [5.41, 5.74) is 3.79. The topological polar surface area (TPSA) is 32.7 Å². The standard InChI is InChI=1S/C21H14Cl2N2O/c22-15-10-14(11-16(23)12-15)13-24-20-18-8-4-5-9-19(18)25(21(20)26)17-6-2-1-3-7-17/h1-12H,13H2. The molecule has 0 spiro atoms. The van der Waals surface area contributed by atoms with Gasteiger partial charge in [0.15, 0.2) is 0 Å². The van der Waals surface area contributed by atoms with Crippen LogP contribution in [0.2, 0.25) is 10.0 Å². The summed E-state index contributed by atoms with van der Waals surface area (Å²) >= 11 is 12.1. The number of aliphatic imine (C=N–C) groups is 1. The maximum atomic E-state index is 13.1. The average Bonchev–Trinajstić information content (AvgIpc) is 2.91. The van der Waals surface area contributed by atoms with Crippen molar-refractivity contribution in [3.8, 4) is 0 Å². The third-order valence-corrected chi connectivity index (χ3v) is 4.60. The molecule has 0 bridgehead atoms. The Morgan fingerprint density at radius 3 is 2.23 bits per heavy atom. The van der Waals surface area contributed by atoms with E-state index in [9.17, 15) is 4.79 Å². The lowest BCUT2D eigenvalue weighted by molar-refractivity contribution is -0.111. The second-order valence-electron chi connectivity index (χ2n) is 5.94. The lowest BCUT2D eigenvalue weighted by atomic mass is 10.1. The first-order valence-electron chi connectivity index (χ1n) is 8.12. The molecule has 0 unspecified atom stereocenters. The van der Waals surface area contributed by atoms with Gasteiger partial charge in [0.25, 0.3) is 5.91 Å². The van der Waals surface area contributed by atoms with Gasteiger partial charge in [0.05, 0.1) is 12.2 Å². The van der Waals surface area contributed by atoms with Crippen molar-refractivity contribution in [2.24, 2.45) is 4.99 Å². The molecule has 3 aromatic rings. The van der Waals surface area contributed by atoms with E-state index in [1.165, 1.54) is 0 Å². The highest BCUT2D eigenvalue weighted by Crippen LogP contribution is 2.35. The highest BCUT2D eigenvalue weighted by Gasteiger charge is 2.34. The molecular weight excluding hydrogens is 367 g/mol. The summed E-state index contributed by atoms with van der Waals surface area (Å²) in [5, 5.41) is 1.11. The molecule has 1 aliphatic heterocycles. The lowest BCUT2D eigenvalue weighted by Gasteiger charge is -2.16. The number of benzene rings is 3. The molecule has 3 aromatic carbocycles. The van der Waals surface area contributed by atoms with Gasteiger partial charge < -0.3 is 0 Å². The van der Waals surface area contributed by atoms with E-state index in [4.69, 9.17) is 23.2 Å². The number of hydrogen-bond acceptors (Lipinski definition) is 2. The van der Waals surface area contributed by atoms with Crippen molar-refractivity contribution < 1.29 is 4.79 Å². The second kappa shape index (κ2) is 6.94. The highest BCUT2D eigenvalue weighted by atomic mass is 35.5. The number of hydrogen-bond donors (Lipinski definition) is 0. The summed E-state index contributed by atoms with van der Waals surface area (Å²) < 4.78 is 0. The van der Waals surface area contributed by atoms with Gasteiger partial charge in [-0.3, -0.25) is 14.7 Å². The molecule has 128 valence electrons. The molecule has 0 saturated heterocycles. The third kappa shape index (κ3) is 3.12. The van der Waals surface area contributed by atoms with Crippen LogP contribution in [0.5, 0.6) is 0 Å². The minimum Gasteiger partial charge on any atom is -0.275 e. The largest absolute Gasteiger partial charge is 0.281 e. The summed E-state index contributed by atoms with van der Waals surface area (Å²) in [6.45, 7) is 0.332. The number of carbonyl (C=O) groups is 1. The van der Waals surface area contributed by atoms with Gasteiger partial charge >= 0.3 is 0 Å². The number of para-hydroxylation sites is 2. The summed E-state index contributed by atoms with van der Waals surface area (Å²) in [4.78, 5) is 19.3. The van der Waals surface area contributed by atoms with Crippen LogP contribution in [0.25, 0.3) is 0 Å². The Labute approximate surface area is 161 Å². The smallest absolute Gasteiger partial charge is 0.275 e. The van der Waals surface area contributed by atoms with Crippen LogP contribution >= 0.6 is 23.2 Å². The van der Waals surface area contributed by atoms with Crippen molar-refractivity contribution >= 4 is 46.2 Å². The summed E-state index contributed by atoms with van der Waals surface area (Å²) in [6, 6.07) is 22.5. The van der Waals surface area contributed by atoms with E-state index in [0.717, 1.165) is 22.5 Å². The predicted octanol–water partition coefficient (Wildman–Crippen LogP) is 5.66. The van der Waals surface area contributed by atoms with E-state index in [1.807, 2.05) is 54.6 Å². The number of anilines is 2. The quantitative estimate of drug-likeness (QED) is 0.576. The summed E-state index contributed by atoms with van der Waals surface area (Å²) in [5.74, 6) is -0.134. The molecule has 1 amide bonds. The van der Waals surface area contributed by atoms with Crippen molar-refractivity contribution in [1.82, 2.24) is 0 Å². The number of fused-ring (bicyclic) bond motifs is 1. The molecule has 26 heavy (non-hydrogen) atoms. The maximum absolute atomic E-state index is 13.1. The van der Waals surface area contributed by atoms with E-state index >= 15 is 0 Å². The van der Waals surface area contributed by atoms with Gasteiger partial charge in [0.2, 0.25) is 0 Å². The van der Waals surface area contributed by atoms with Gasteiger partial charge in [-0.15, -0.1) is 0 Å². The van der Waals surface area contributed by atoms with Crippen LogP contribution in [-0.4, -0.2) is 11.6 Å². The molecule has 0 radical (unpaired) electrons. The first-order valence-corrected chi connectivity index (χ1v) is 8.87. The van der Waals surface area contributed by atoms with Crippen LogP contribution in [0.15, 0.2) is 77.8 Å². The van der Waals surface area contributed by atoms with Crippen LogP contribution in [0.3, 0.4) is 0 Å². The van der Waals surface area contributed by atoms with Gasteiger partial charge in [-0.05, 0) is 42.0 Å². The normalized spacial score (nSPS) is 14.8. The van der Waals surface area contributed by atoms with E-state index < -0.39 is 0 Å². The van der Waals surface area contributed by atoms with E-state index in [2.05, 4.69) is 4.99 Å². The van der Waals surface area contributed by atoms with Crippen LogP contribution in [-0.2, 0) is 11.3 Å². The van der Waals surface area contributed by atoms with Crippen molar-refractivity contribution in [3.63, 3.8) is 0 Å². The Balaban J connectivity index is 1.74. The first kappa shape index (κ1) is 16.8. The van der Waals surface area contributed by atoms with Crippen molar-refractivity contribution in [3.05, 3.63) is 94.0 Å². The Hall–Kier alpha value is -2.62. The Kier molecular flexibility index (Phi) is 4.49. The lowest BCUT2D eigenvalue weighted by Crippen LogP contribution is -2.25. The Morgan fingerprint density at radius 1 is 0.846 bits per heavy atom. The molecule has 0 aliphatic carbocycles. The molecule has 3 nitrogen and oxygen atoms in total. The van der Waals surface area contributed by atoms with Gasteiger partial charge in [0, 0.05) is 21.3 Å². The molecule has 0 N–H and O–H groups in total. The zero-order valence-corrected chi connectivity index (χ0v) is 15.2. The monoisotopic (exact) mass is 380 g/mol. The molecule has 5 heteroatoms. The Bertz CT molecular complexity index is 995. The van der Waals surface area contributed by atoms with E-state index in [0.29, 0.717) is 22.3 Å². The van der Waals surface area contributed by atoms with Gasteiger partial charge in [-0.1, -0.05) is 59.6 Å². The Morgan fingerprint density at radius 2 is 1.50 bits per heavy atom. The van der Waals surface area contributed by atoms with Gasteiger partial charge in [-0.25, -0.2) is 0 Å². The van der Waals surface area contributed by atoms with E-state index in [1.54, 1.807) is 23.1 Å². The minimum atomic E-state index is -0.134. The van der Waals surface area contributed by atoms with Crippen LogP contribution in [0, 0.1) is 0 Å². The molecule has 0 atom stereocenters. The number of rotatable bonds is 3. The van der Waals surface area contributed by atoms with Crippen molar-refractivity contribution in [1.29, 1.82) is 0 Å². The average molecular weight is 381 g/mol. The van der Waals surface area contributed by atoms with Crippen molar-refractivity contribution in [2.75, 3.05) is 4.90 Å². The number of amides is 1. The van der Waals surface area contributed by atoms with Crippen LogP contribution < -0.4 is 4.90 Å². The molecule has 0 fully saturated rings. The van der Waals surface area contributed by atoms with Crippen molar-refractivity contribution in [2.45, 2.75) is 6.54 Å². The SMILES string of the molecule is O=C1C(=NCc2cc(Cl)cc(Cl)c2)c2ccccc2N1c1ccccc1. The predicted molar refractivity (Wildman–Crippen MR) is 107 cm³/mol. The first-order chi connectivity index (χ1) is 12.6. The fourth-order valence-corrected chi connectivity index (χ4v) is 3.63. The molecule has 1 aliphatic rings. The molecule has 0 saturated carbocycles. The second-order valence-corrected chi connectivity index (χ2v) is 6.81. The minimum absolute atomic E-state index is 0.134. The number of nitrogens with zero attached hydrogens (tertiary/aromatic N) is 2. The molecule has 1 heterocycles. The molecule has 0 aromatic heterocycles. The zero-order valence-electron chi connectivity index (χ0n) is 13.7. The number of halogens is 2. The van der Waals surface area contributed by atoms with Gasteiger partial charge in [0.1, 0.15) is 5.71 Å². The van der Waals surface area contributed by atoms with Crippen LogP contribution in [0.4, 0.5) is 11.4 Å². The molecule has 4 rings (SSSR count). The zero-order chi connectivity index (χ0) is 18.1. The van der Waals surface area contributed by atoms with Gasteiger partial charge in [-0.2, -0.15) is 0 Å².